The van der Waals surface area contributed by atoms with Crippen molar-refractivity contribution in [3.63, 3.8) is 0 Å². The molecule has 23 heavy (non-hydrogen) atoms. The topological polar surface area (TPSA) is 47.3 Å². The van der Waals surface area contributed by atoms with Crippen LogP contribution in [0.2, 0.25) is 0 Å². The summed E-state index contributed by atoms with van der Waals surface area (Å²) in [6.07, 6.45) is 2.43. The minimum atomic E-state index is 0.270. The SMILES string of the molecule is COc1ccc(-n2nc(C3CC3)cc2-c2ccc(O)cc2)cc1. The molecule has 0 amide bonds. The van der Waals surface area contributed by atoms with Gasteiger partial charge in [0, 0.05) is 11.5 Å². The Morgan fingerprint density at radius 3 is 2.35 bits per heavy atom. The molecule has 0 bridgehead atoms. The number of hydrogen-bond donors (Lipinski definition) is 1. The molecular weight excluding hydrogens is 288 g/mol. The van der Waals surface area contributed by atoms with Gasteiger partial charge in [-0.2, -0.15) is 5.10 Å². The smallest absolute Gasteiger partial charge is 0.119 e. The highest BCUT2D eigenvalue weighted by molar-refractivity contribution is 5.64. The Morgan fingerprint density at radius 2 is 1.74 bits per heavy atom. The number of hydrogen-bond acceptors (Lipinski definition) is 3. The monoisotopic (exact) mass is 306 g/mol. The lowest BCUT2D eigenvalue weighted by Crippen LogP contribution is -1.99. The third kappa shape index (κ3) is 2.68. The molecule has 4 nitrogen and oxygen atoms in total. The first-order valence-electron chi connectivity index (χ1n) is 7.78. The molecule has 116 valence electrons. The van der Waals surface area contributed by atoms with Crippen LogP contribution in [0.5, 0.6) is 11.5 Å². The summed E-state index contributed by atoms with van der Waals surface area (Å²) in [7, 11) is 1.66. The summed E-state index contributed by atoms with van der Waals surface area (Å²) in [6.45, 7) is 0. The zero-order valence-corrected chi connectivity index (χ0v) is 12.9. The second-order valence-corrected chi connectivity index (χ2v) is 5.89. The van der Waals surface area contributed by atoms with Crippen molar-refractivity contribution in [3.8, 4) is 28.4 Å². The number of rotatable bonds is 4. The second kappa shape index (κ2) is 5.47. The van der Waals surface area contributed by atoms with Crippen molar-refractivity contribution in [3.05, 3.63) is 60.3 Å². The number of phenolic OH excluding ortho intramolecular Hbond substituents is 1. The van der Waals surface area contributed by atoms with Crippen LogP contribution in [0.3, 0.4) is 0 Å². The van der Waals surface area contributed by atoms with Crippen LogP contribution < -0.4 is 4.74 Å². The van der Waals surface area contributed by atoms with Crippen molar-refractivity contribution in [1.82, 2.24) is 9.78 Å². The van der Waals surface area contributed by atoms with Crippen LogP contribution in [0.15, 0.2) is 54.6 Å². The Hall–Kier alpha value is -2.75. The van der Waals surface area contributed by atoms with Gasteiger partial charge in [0.15, 0.2) is 0 Å². The average Bonchev–Trinajstić information content (AvgIpc) is 3.35. The van der Waals surface area contributed by atoms with E-state index in [1.54, 1.807) is 19.2 Å². The van der Waals surface area contributed by atoms with E-state index in [1.165, 1.54) is 12.8 Å². The molecule has 1 fully saturated rings. The van der Waals surface area contributed by atoms with E-state index >= 15 is 0 Å². The number of nitrogens with zero attached hydrogens (tertiary/aromatic N) is 2. The summed E-state index contributed by atoms with van der Waals surface area (Å²) in [5.41, 5.74) is 4.22. The maximum atomic E-state index is 9.51. The lowest BCUT2D eigenvalue weighted by atomic mass is 10.1. The van der Waals surface area contributed by atoms with Crippen LogP contribution >= 0.6 is 0 Å². The largest absolute Gasteiger partial charge is 0.508 e. The Kier molecular flexibility index (Phi) is 3.30. The first-order valence-corrected chi connectivity index (χ1v) is 7.78. The molecule has 4 heteroatoms. The zero-order valence-electron chi connectivity index (χ0n) is 12.9. The fraction of sp³-hybridized carbons (Fsp3) is 0.211. The van der Waals surface area contributed by atoms with Crippen LogP contribution in [-0.2, 0) is 0 Å². The third-order valence-corrected chi connectivity index (χ3v) is 4.20. The quantitative estimate of drug-likeness (QED) is 0.788. The summed E-state index contributed by atoms with van der Waals surface area (Å²) in [5.74, 6) is 1.69. The van der Waals surface area contributed by atoms with Gasteiger partial charge in [0.2, 0.25) is 0 Å². The number of benzene rings is 2. The molecule has 0 radical (unpaired) electrons. The third-order valence-electron chi connectivity index (χ3n) is 4.20. The second-order valence-electron chi connectivity index (χ2n) is 5.89. The molecule has 0 atom stereocenters. The normalized spacial score (nSPS) is 14.0. The lowest BCUT2D eigenvalue weighted by Gasteiger charge is -2.08. The van der Waals surface area contributed by atoms with Gasteiger partial charge in [-0.1, -0.05) is 0 Å². The number of phenols is 1. The molecular formula is C19H18N2O2. The summed E-state index contributed by atoms with van der Waals surface area (Å²) >= 11 is 0. The van der Waals surface area contributed by atoms with Crippen molar-refractivity contribution in [1.29, 1.82) is 0 Å². The van der Waals surface area contributed by atoms with Gasteiger partial charge < -0.3 is 9.84 Å². The molecule has 0 spiro atoms. The molecule has 4 rings (SSSR count). The summed E-state index contributed by atoms with van der Waals surface area (Å²) in [4.78, 5) is 0. The fourth-order valence-corrected chi connectivity index (χ4v) is 2.74. The fourth-order valence-electron chi connectivity index (χ4n) is 2.74. The zero-order chi connectivity index (χ0) is 15.8. The summed E-state index contributed by atoms with van der Waals surface area (Å²) in [5, 5.41) is 14.3. The van der Waals surface area contributed by atoms with Gasteiger partial charge in [-0.05, 0) is 67.4 Å². The minimum absolute atomic E-state index is 0.270. The molecule has 1 aliphatic rings. The Morgan fingerprint density at radius 1 is 1.04 bits per heavy atom. The Bertz CT molecular complexity index is 816. The molecule has 1 aliphatic carbocycles. The van der Waals surface area contributed by atoms with E-state index in [0.717, 1.165) is 28.4 Å². The Balaban J connectivity index is 1.81. The molecule has 0 saturated heterocycles. The molecule has 1 N–H and O–H groups in total. The van der Waals surface area contributed by atoms with E-state index in [2.05, 4.69) is 6.07 Å². The highest BCUT2D eigenvalue weighted by Gasteiger charge is 2.27. The van der Waals surface area contributed by atoms with Crippen molar-refractivity contribution in [2.75, 3.05) is 7.11 Å². The predicted molar refractivity (Wildman–Crippen MR) is 89.2 cm³/mol. The molecule has 3 aromatic rings. The minimum Gasteiger partial charge on any atom is -0.508 e. The Labute approximate surface area is 135 Å². The van der Waals surface area contributed by atoms with Gasteiger partial charge in [0.05, 0.1) is 24.2 Å². The number of methoxy groups -OCH3 is 1. The molecule has 1 aromatic heterocycles. The molecule has 0 unspecified atom stereocenters. The molecule has 0 aliphatic heterocycles. The summed E-state index contributed by atoms with van der Waals surface area (Å²) < 4.78 is 7.20. The highest BCUT2D eigenvalue weighted by atomic mass is 16.5. The number of aromatic nitrogens is 2. The van der Waals surface area contributed by atoms with Crippen LogP contribution in [-0.4, -0.2) is 22.0 Å². The van der Waals surface area contributed by atoms with Crippen LogP contribution in [0.4, 0.5) is 0 Å². The van der Waals surface area contributed by atoms with Crippen LogP contribution in [0, 0.1) is 0 Å². The molecule has 1 heterocycles. The van der Waals surface area contributed by atoms with Gasteiger partial charge in [-0.25, -0.2) is 4.68 Å². The van der Waals surface area contributed by atoms with Crippen molar-refractivity contribution in [2.24, 2.45) is 0 Å². The van der Waals surface area contributed by atoms with E-state index in [0.29, 0.717) is 5.92 Å². The number of aromatic hydroxyl groups is 1. The average molecular weight is 306 g/mol. The van der Waals surface area contributed by atoms with Gasteiger partial charge in [0.25, 0.3) is 0 Å². The molecule has 2 aromatic carbocycles. The maximum absolute atomic E-state index is 9.51. The van der Waals surface area contributed by atoms with Gasteiger partial charge in [-0.3, -0.25) is 0 Å². The standard InChI is InChI=1S/C19H18N2O2/c1-23-17-10-6-15(7-11-17)21-19(12-18(20-21)13-2-3-13)14-4-8-16(22)9-5-14/h4-13,22H,2-3H2,1H3. The lowest BCUT2D eigenvalue weighted by molar-refractivity contribution is 0.414. The van der Waals surface area contributed by atoms with E-state index in [1.807, 2.05) is 41.1 Å². The summed E-state index contributed by atoms with van der Waals surface area (Å²) in [6, 6.07) is 17.3. The molecule has 1 saturated carbocycles. The van der Waals surface area contributed by atoms with E-state index in [4.69, 9.17) is 9.84 Å². The number of ether oxygens (including phenoxy) is 1. The van der Waals surface area contributed by atoms with Crippen molar-refractivity contribution >= 4 is 0 Å². The van der Waals surface area contributed by atoms with Gasteiger partial charge in [-0.15, -0.1) is 0 Å². The van der Waals surface area contributed by atoms with Crippen molar-refractivity contribution in [2.45, 2.75) is 18.8 Å². The first kappa shape index (κ1) is 13.9. The van der Waals surface area contributed by atoms with Crippen molar-refractivity contribution < 1.29 is 9.84 Å². The van der Waals surface area contributed by atoms with E-state index < -0.39 is 0 Å². The highest BCUT2D eigenvalue weighted by Crippen LogP contribution is 2.41. The van der Waals surface area contributed by atoms with Crippen LogP contribution in [0.25, 0.3) is 16.9 Å². The predicted octanol–water partition coefficient (Wildman–Crippen LogP) is 4.13. The van der Waals surface area contributed by atoms with Crippen LogP contribution in [0.1, 0.15) is 24.5 Å². The van der Waals surface area contributed by atoms with E-state index in [9.17, 15) is 5.11 Å². The van der Waals surface area contributed by atoms with E-state index in [-0.39, 0.29) is 5.75 Å². The first-order chi connectivity index (χ1) is 11.2. The van der Waals surface area contributed by atoms with Gasteiger partial charge in [0.1, 0.15) is 11.5 Å². The maximum Gasteiger partial charge on any atom is 0.119 e. The van der Waals surface area contributed by atoms with Gasteiger partial charge >= 0.3 is 0 Å².